The third kappa shape index (κ3) is 2.98. The Bertz CT molecular complexity index is 833. The number of hydrogen-bond acceptors (Lipinski definition) is 6. The van der Waals surface area contributed by atoms with Crippen LogP contribution in [0.1, 0.15) is 33.9 Å². The van der Waals surface area contributed by atoms with Crippen LogP contribution in [0.3, 0.4) is 0 Å². The smallest absolute Gasteiger partial charge is 0.349 e. The number of esters is 1. The summed E-state index contributed by atoms with van der Waals surface area (Å²) >= 11 is 1.11. The first-order chi connectivity index (χ1) is 11.0. The maximum absolute atomic E-state index is 12.2. The van der Waals surface area contributed by atoms with Gasteiger partial charge in [0.15, 0.2) is 6.61 Å². The zero-order chi connectivity index (χ0) is 16.6. The fraction of sp³-hybridized carbons (Fsp3) is 0.467. The first kappa shape index (κ1) is 15.7. The summed E-state index contributed by atoms with van der Waals surface area (Å²) in [6.07, 6.45) is 1.98. The second kappa shape index (κ2) is 6.11. The monoisotopic (exact) mass is 335 g/mol. The van der Waals surface area contributed by atoms with Crippen LogP contribution in [-0.2, 0) is 9.53 Å². The van der Waals surface area contributed by atoms with Gasteiger partial charge >= 0.3 is 5.97 Å². The highest BCUT2D eigenvalue weighted by atomic mass is 32.1. The zero-order valence-corrected chi connectivity index (χ0v) is 13.8. The maximum Gasteiger partial charge on any atom is 0.349 e. The Kier molecular flexibility index (Phi) is 4.16. The fourth-order valence-corrected chi connectivity index (χ4v) is 3.82. The zero-order valence-electron chi connectivity index (χ0n) is 13.0. The number of carbonyl (C=O) groups excluding carboxylic acids is 2. The average Bonchev–Trinajstić information content (AvgIpc) is 3.12. The number of aryl methyl sites for hydroxylation is 2. The molecule has 2 aromatic heterocycles. The largest absolute Gasteiger partial charge is 0.451 e. The molecule has 0 aliphatic carbocycles. The number of nitrogens with zero attached hydrogens (tertiary/aromatic N) is 2. The topological polar surface area (TPSA) is 92.4 Å². The number of amides is 1. The number of aromatic amines is 1. The predicted octanol–water partition coefficient (Wildman–Crippen LogP) is 1.38. The summed E-state index contributed by atoms with van der Waals surface area (Å²) in [5.74, 6) is -0.274. The molecular weight excluding hydrogens is 318 g/mol. The number of fused-ring (bicyclic) bond motifs is 1. The molecule has 0 aromatic carbocycles. The van der Waals surface area contributed by atoms with E-state index in [0.717, 1.165) is 37.3 Å². The van der Waals surface area contributed by atoms with Crippen LogP contribution < -0.4 is 5.56 Å². The Labute approximate surface area is 136 Å². The molecule has 8 heteroatoms. The Morgan fingerprint density at radius 3 is 2.70 bits per heavy atom. The van der Waals surface area contributed by atoms with Crippen molar-refractivity contribution in [3.8, 4) is 0 Å². The predicted molar refractivity (Wildman–Crippen MR) is 85.8 cm³/mol. The first-order valence-corrected chi connectivity index (χ1v) is 8.24. The van der Waals surface area contributed by atoms with E-state index >= 15 is 0 Å². The van der Waals surface area contributed by atoms with E-state index in [2.05, 4.69) is 9.97 Å². The Hall–Kier alpha value is -2.22. The van der Waals surface area contributed by atoms with E-state index in [0.29, 0.717) is 26.5 Å². The van der Waals surface area contributed by atoms with Crippen molar-refractivity contribution in [2.45, 2.75) is 26.7 Å². The molecule has 3 heterocycles. The molecule has 1 aliphatic heterocycles. The van der Waals surface area contributed by atoms with Gasteiger partial charge in [-0.1, -0.05) is 0 Å². The first-order valence-electron chi connectivity index (χ1n) is 7.42. The summed E-state index contributed by atoms with van der Waals surface area (Å²) in [6.45, 7) is 4.54. The van der Waals surface area contributed by atoms with Gasteiger partial charge in [0.25, 0.3) is 11.5 Å². The lowest BCUT2D eigenvalue weighted by atomic mass is 10.2. The van der Waals surface area contributed by atoms with E-state index in [9.17, 15) is 14.4 Å². The highest BCUT2D eigenvalue weighted by Gasteiger charge is 2.23. The number of rotatable bonds is 3. The van der Waals surface area contributed by atoms with Crippen molar-refractivity contribution in [2.24, 2.45) is 0 Å². The van der Waals surface area contributed by atoms with Crippen LogP contribution in [0.15, 0.2) is 4.79 Å². The molecule has 0 radical (unpaired) electrons. The van der Waals surface area contributed by atoms with E-state index < -0.39 is 5.97 Å². The van der Waals surface area contributed by atoms with Crippen molar-refractivity contribution in [1.82, 2.24) is 14.9 Å². The van der Waals surface area contributed by atoms with Crippen LogP contribution in [0.4, 0.5) is 0 Å². The van der Waals surface area contributed by atoms with Gasteiger partial charge in [0, 0.05) is 13.1 Å². The maximum atomic E-state index is 12.2. The summed E-state index contributed by atoms with van der Waals surface area (Å²) in [4.78, 5) is 45.5. The molecule has 1 saturated heterocycles. The van der Waals surface area contributed by atoms with Crippen molar-refractivity contribution in [1.29, 1.82) is 0 Å². The summed E-state index contributed by atoms with van der Waals surface area (Å²) < 4.78 is 5.12. The molecule has 23 heavy (non-hydrogen) atoms. The number of carbonyl (C=O) groups is 2. The number of hydrogen-bond donors (Lipinski definition) is 1. The molecular formula is C15H17N3O4S. The summed E-state index contributed by atoms with van der Waals surface area (Å²) in [7, 11) is 0. The standard InChI is InChI=1S/C15H17N3O4S/c1-8-11-13(20)16-9(2)17-14(11)23-12(8)15(21)22-7-10(19)18-5-3-4-6-18/h3-7H2,1-2H3,(H,16,17,20). The van der Waals surface area contributed by atoms with Gasteiger partial charge in [-0.3, -0.25) is 9.59 Å². The summed E-state index contributed by atoms with van der Waals surface area (Å²) in [6, 6.07) is 0. The van der Waals surface area contributed by atoms with Crippen molar-refractivity contribution in [2.75, 3.05) is 19.7 Å². The van der Waals surface area contributed by atoms with E-state index in [1.165, 1.54) is 0 Å². The van der Waals surface area contributed by atoms with Crippen LogP contribution in [-0.4, -0.2) is 46.4 Å². The quantitative estimate of drug-likeness (QED) is 0.856. The van der Waals surface area contributed by atoms with E-state index in [4.69, 9.17) is 4.74 Å². The SMILES string of the molecule is Cc1nc2sc(C(=O)OCC(=O)N3CCCC3)c(C)c2c(=O)[nH]1. The minimum absolute atomic E-state index is 0.179. The minimum Gasteiger partial charge on any atom is -0.451 e. The van der Waals surface area contributed by atoms with Crippen LogP contribution in [0, 0.1) is 13.8 Å². The van der Waals surface area contributed by atoms with Gasteiger partial charge in [0.1, 0.15) is 15.5 Å². The van der Waals surface area contributed by atoms with Gasteiger partial charge in [-0.05, 0) is 32.3 Å². The number of H-pyrrole nitrogens is 1. The fourth-order valence-electron chi connectivity index (χ4n) is 2.70. The summed E-state index contributed by atoms with van der Waals surface area (Å²) in [5.41, 5.74) is 0.269. The van der Waals surface area contributed by atoms with Crippen molar-refractivity contribution in [3.05, 3.63) is 26.6 Å². The molecule has 7 nitrogen and oxygen atoms in total. The van der Waals surface area contributed by atoms with Crippen molar-refractivity contribution < 1.29 is 14.3 Å². The number of thiophene rings is 1. The summed E-state index contributed by atoms with van der Waals surface area (Å²) in [5, 5.41) is 0.401. The van der Waals surface area contributed by atoms with Crippen LogP contribution in [0.2, 0.25) is 0 Å². The van der Waals surface area contributed by atoms with Gasteiger partial charge in [-0.2, -0.15) is 0 Å². The third-order valence-corrected chi connectivity index (χ3v) is 5.06. The molecule has 2 aromatic rings. The number of likely N-dealkylation sites (tertiary alicyclic amines) is 1. The highest BCUT2D eigenvalue weighted by Crippen LogP contribution is 2.27. The second-order valence-corrected chi connectivity index (χ2v) is 6.55. The molecule has 0 bridgehead atoms. The van der Waals surface area contributed by atoms with Crippen LogP contribution >= 0.6 is 11.3 Å². The third-order valence-electron chi connectivity index (χ3n) is 3.89. The van der Waals surface area contributed by atoms with E-state index in [-0.39, 0.29) is 18.1 Å². The number of ether oxygens (including phenoxy) is 1. The second-order valence-electron chi connectivity index (χ2n) is 5.55. The average molecular weight is 335 g/mol. The molecule has 0 spiro atoms. The normalized spacial score (nSPS) is 14.4. The van der Waals surface area contributed by atoms with Crippen molar-refractivity contribution >= 4 is 33.4 Å². The molecule has 122 valence electrons. The van der Waals surface area contributed by atoms with Gasteiger partial charge in [0.2, 0.25) is 0 Å². The highest BCUT2D eigenvalue weighted by molar-refractivity contribution is 7.20. The molecule has 1 N–H and O–H groups in total. The van der Waals surface area contributed by atoms with E-state index in [1.807, 2.05) is 0 Å². The Morgan fingerprint density at radius 2 is 2.00 bits per heavy atom. The molecule has 1 amide bonds. The van der Waals surface area contributed by atoms with Crippen LogP contribution in [0.25, 0.3) is 10.2 Å². The molecule has 1 fully saturated rings. The Morgan fingerprint density at radius 1 is 1.30 bits per heavy atom. The van der Waals surface area contributed by atoms with Gasteiger partial charge < -0.3 is 14.6 Å². The lowest BCUT2D eigenvalue weighted by Crippen LogP contribution is -2.32. The lowest BCUT2D eigenvalue weighted by molar-refractivity contribution is -0.133. The molecule has 0 unspecified atom stereocenters. The number of nitrogens with one attached hydrogen (secondary N) is 1. The Balaban J connectivity index is 1.78. The minimum atomic E-state index is -0.588. The van der Waals surface area contributed by atoms with Gasteiger partial charge in [0.05, 0.1) is 5.39 Å². The van der Waals surface area contributed by atoms with Gasteiger partial charge in [-0.15, -0.1) is 11.3 Å². The number of aromatic nitrogens is 2. The van der Waals surface area contributed by atoms with E-state index in [1.54, 1.807) is 18.7 Å². The molecule has 0 saturated carbocycles. The molecule has 3 rings (SSSR count). The molecule has 1 aliphatic rings. The molecule has 0 atom stereocenters. The van der Waals surface area contributed by atoms with Crippen molar-refractivity contribution in [3.63, 3.8) is 0 Å². The van der Waals surface area contributed by atoms with Gasteiger partial charge in [-0.25, -0.2) is 9.78 Å². The van der Waals surface area contributed by atoms with Crippen LogP contribution in [0.5, 0.6) is 0 Å². The lowest BCUT2D eigenvalue weighted by Gasteiger charge is -2.14.